The highest BCUT2D eigenvalue weighted by Gasteiger charge is 2.22. The molecule has 15 heavy (non-hydrogen) atoms. The molecule has 0 unspecified atom stereocenters. The van der Waals surface area contributed by atoms with Gasteiger partial charge in [-0.2, -0.15) is 11.3 Å². The van der Waals surface area contributed by atoms with Crippen LogP contribution in [0, 0.1) is 0 Å². The Balaban J connectivity index is 1.67. The molecule has 0 saturated carbocycles. The van der Waals surface area contributed by atoms with Crippen molar-refractivity contribution >= 4 is 17.2 Å². The number of carbonyl (C=O) groups excluding carboxylic acids is 1. The number of hydrogen-bond donors (Lipinski definition) is 1. The van der Waals surface area contributed by atoms with Crippen molar-refractivity contribution in [2.24, 2.45) is 0 Å². The molecule has 3 nitrogen and oxygen atoms in total. The summed E-state index contributed by atoms with van der Waals surface area (Å²) in [4.78, 5) is 11.5. The lowest BCUT2D eigenvalue weighted by Gasteiger charge is -2.09. The first-order chi connectivity index (χ1) is 7.36. The Morgan fingerprint density at radius 2 is 2.60 bits per heavy atom. The first kappa shape index (κ1) is 10.6. The Kier molecular flexibility index (Phi) is 3.75. The van der Waals surface area contributed by atoms with E-state index in [9.17, 15) is 4.79 Å². The van der Waals surface area contributed by atoms with E-state index in [0.717, 1.165) is 25.9 Å². The van der Waals surface area contributed by atoms with E-state index in [0.29, 0.717) is 6.54 Å². The third kappa shape index (κ3) is 3.04. The summed E-state index contributed by atoms with van der Waals surface area (Å²) in [6.07, 6.45) is 2.57. The van der Waals surface area contributed by atoms with Crippen LogP contribution in [0.1, 0.15) is 18.4 Å². The van der Waals surface area contributed by atoms with Crippen molar-refractivity contribution in [1.29, 1.82) is 0 Å². The predicted octanol–water partition coefficient (Wildman–Crippen LogP) is 1.59. The summed E-state index contributed by atoms with van der Waals surface area (Å²) in [5.74, 6) is 0.0442. The molecule has 1 aliphatic rings. The van der Waals surface area contributed by atoms with E-state index in [1.807, 2.05) is 0 Å². The fraction of sp³-hybridized carbons (Fsp3) is 0.545. The summed E-state index contributed by atoms with van der Waals surface area (Å²) in [5.41, 5.74) is 1.28. The van der Waals surface area contributed by atoms with Gasteiger partial charge >= 0.3 is 0 Å². The Labute approximate surface area is 93.4 Å². The number of ether oxygens (including phenoxy) is 1. The molecule has 1 N–H and O–H groups in total. The van der Waals surface area contributed by atoms with Crippen molar-refractivity contribution in [1.82, 2.24) is 5.32 Å². The van der Waals surface area contributed by atoms with Gasteiger partial charge in [0.1, 0.15) is 6.10 Å². The lowest BCUT2D eigenvalue weighted by molar-refractivity contribution is -0.129. The molecule has 0 spiro atoms. The fourth-order valence-corrected chi connectivity index (χ4v) is 2.37. The maximum Gasteiger partial charge on any atom is 0.249 e. The zero-order valence-electron chi connectivity index (χ0n) is 8.57. The van der Waals surface area contributed by atoms with E-state index in [1.165, 1.54) is 5.56 Å². The molecule has 2 heterocycles. The Bertz CT molecular complexity index is 304. The average molecular weight is 225 g/mol. The van der Waals surface area contributed by atoms with Gasteiger partial charge in [-0.1, -0.05) is 0 Å². The van der Waals surface area contributed by atoms with Gasteiger partial charge in [-0.15, -0.1) is 0 Å². The Hall–Kier alpha value is -0.870. The molecule has 1 fully saturated rings. The zero-order chi connectivity index (χ0) is 10.5. The van der Waals surface area contributed by atoms with Gasteiger partial charge in [-0.25, -0.2) is 0 Å². The summed E-state index contributed by atoms with van der Waals surface area (Å²) < 4.78 is 5.29. The third-order valence-corrected chi connectivity index (χ3v) is 3.25. The number of nitrogens with one attached hydrogen (secondary N) is 1. The van der Waals surface area contributed by atoms with Gasteiger partial charge in [-0.3, -0.25) is 4.79 Å². The van der Waals surface area contributed by atoms with Crippen molar-refractivity contribution in [3.63, 3.8) is 0 Å². The second-order valence-electron chi connectivity index (χ2n) is 3.67. The maximum absolute atomic E-state index is 11.5. The second kappa shape index (κ2) is 5.28. The highest BCUT2D eigenvalue weighted by atomic mass is 32.1. The van der Waals surface area contributed by atoms with E-state index in [1.54, 1.807) is 11.3 Å². The van der Waals surface area contributed by atoms with Crippen LogP contribution in [0.4, 0.5) is 0 Å². The molecular weight excluding hydrogens is 210 g/mol. The molecule has 4 heteroatoms. The quantitative estimate of drug-likeness (QED) is 0.845. The number of amides is 1. The van der Waals surface area contributed by atoms with E-state index >= 15 is 0 Å². The minimum atomic E-state index is -0.201. The van der Waals surface area contributed by atoms with Gasteiger partial charge in [0.2, 0.25) is 5.91 Å². The molecule has 2 rings (SSSR count). The van der Waals surface area contributed by atoms with Gasteiger partial charge < -0.3 is 10.1 Å². The van der Waals surface area contributed by atoms with Crippen LogP contribution in [0.2, 0.25) is 0 Å². The summed E-state index contributed by atoms with van der Waals surface area (Å²) in [6, 6.07) is 2.09. The molecule has 1 aromatic rings. The fourth-order valence-electron chi connectivity index (χ4n) is 1.66. The third-order valence-electron chi connectivity index (χ3n) is 2.52. The summed E-state index contributed by atoms with van der Waals surface area (Å²) >= 11 is 1.69. The van der Waals surface area contributed by atoms with Gasteiger partial charge in [0, 0.05) is 13.2 Å². The van der Waals surface area contributed by atoms with Crippen LogP contribution in [0.15, 0.2) is 16.8 Å². The summed E-state index contributed by atoms with van der Waals surface area (Å²) in [6.45, 7) is 1.43. The molecule has 82 valence electrons. The zero-order valence-corrected chi connectivity index (χ0v) is 9.39. The summed E-state index contributed by atoms with van der Waals surface area (Å²) in [7, 11) is 0. The minimum absolute atomic E-state index is 0.0442. The highest BCUT2D eigenvalue weighted by Crippen LogP contribution is 2.11. The van der Waals surface area contributed by atoms with Crippen LogP contribution in [0.3, 0.4) is 0 Å². The Morgan fingerprint density at radius 1 is 1.67 bits per heavy atom. The van der Waals surface area contributed by atoms with E-state index in [-0.39, 0.29) is 12.0 Å². The average Bonchev–Trinajstić information content (AvgIpc) is 2.90. The number of thiophene rings is 1. The van der Waals surface area contributed by atoms with E-state index < -0.39 is 0 Å². The second-order valence-corrected chi connectivity index (χ2v) is 4.45. The van der Waals surface area contributed by atoms with Crippen LogP contribution < -0.4 is 5.32 Å². The SMILES string of the molecule is O=C(NCCc1ccsc1)[C@@H]1CCCO1. The van der Waals surface area contributed by atoms with Crippen LogP contribution in [0.5, 0.6) is 0 Å². The van der Waals surface area contributed by atoms with Gasteiger partial charge in [-0.05, 0) is 41.7 Å². The van der Waals surface area contributed by atoms with Crippen LogP contribution in [-0.2, 0) is 16.0 Å². The van der Waals surface area contributed by atoms with Crippen molar-refractivity contribution in [3.8, 4) is 0 Å². The summed E-state index contributed by atoms with van der Waals surface area (Å²) in [5, 5.41) is 7.07. The largest absolute Gasteiger partial charge is 0.368 e. The van der Waals surface area contributed by atoms with Crippen LogP contribution in [0.25, 0.3) is 0 Å². The molecule has 0 aromatic carbocycles. The molecule has 0 bridgehead atoms. The molecular formula is C11H15NO2S. The first-order valence-electron chi connectivity index (χ1n) is 5.26. The standard InChI is InChI=1S/C11H15NO2S/c13-11(10-2-1-6-14-10)12-5-3-9-4-7-15-8-9/h4,7-8,10H,1-3,5-6H2,(H,12,13)/t10-/m0/s1. The lowest BCUT2D eigenvalue weighted by Crippen LogP contribution is -2.35. The molecule has 1 aromatic heterocycles. The normalized spacial score (nSPS) is 20.4. The van der Waals surface area contributed by atoms with E-state index in [4.69, 9.17) is 4.74 Å². The highest BCUT2D eigenvalue weighted by molar-refractivity contribution is 7.07. The predicted molar refractivity (Wildman–Crippen MR) is 60.0 cm³/mol. The molecule has 1 atom stereocenters. The molecule has 1 amide bonds. The van der Waals surface area contributed by atoms with Crippen LogP contribution >= 0.6 is 11.3 Å². The van der Waals surface area contributed by atoms with Crippen molar-refractivity contribution in [3.05, 3.63) is 22.4 Å². The van der Waals surface area contributed by atoms with Crippen molar-refractivity contribution in [2.45, 2.75) is 25.4 Å². The smallest absolute Gasteiger partial charge is 0.249 e. The van der Waals surface area contributed by atoms with Crippen molar-refractivity contribution in [2.75, 3.05) is 13.2 Å². The first-order valence-corrected chi connectivity index (χ1v) is 6.21. The Morgan fingerprint density at radius 3 is 3.27 bits per heavy atom. The lowest BCUT2D eigenvalue weighted by atomic mass is 10.2. The maximum atomic E-state index is 11.5. The number of rotatable bonds is 4. The minimum Gasteiger partial charge on any atom is -0.368 e. The topological polar surface area (TPSA) is 38.3 Å². The molecule has 1 aliphatic heterocycles. The molecule has 0 radical (unpaired) electrons. The van der Waals surface area contributed by atoms with Crippen LogP contribution in [-0.4, -0.2) is 25.2 Å². The van der Waals surface area contributed by atoms with Gasteiger partial charge in [0.25, 0.3) is 0 Å². The van der Waals surface area contributed by atoms with Crippen molar-refractivity contribution < 1.29 is 9.53 Å². The monoisotopic (exact) mass is 225 g/mol. The number of carbonyl (C=O) groups is 1. The molecule has 0 aliphatic carbocycles. The van der Waals surface area contributed by atoms with Gasteiger partial charge in [0.05, 0.1) is 0 Å². The van der Waals surface area contributed by atoms with Gasteiger partial charge in [0.15, 0.2) is 0 Å². The van der Waals surface area contributed by atoms with E-state index in [2.05, 4.69) is 22.1 Å². The number of hydrogen-bond acceptors (Lipinski definition) is 3. The molecule has 1 saturated heterocycles.